The fourth-order valence-electron chi connectivity index (χ4n) is 2.06. The number of benzene rings is 1. The highest BCUT2D eigenvalue weighted by Crippen LogP contribution is 2.22. The van der Waals surface area contributed by atoms with Gasteiger partial charge in [0.05, 0.1) is 24.3 Å². The van der Waals surface area contributed by atoms with E-state index in [0.29, 0.717) is 30.3 Å². The summed E-state index contributed by atoms with van der Waals surface area (Å²) in [4.78, 5) is 14.3. The van der Waals surface area contributed by atoms with Crippen molar-refractivity contribution in [3.63, 3.8) is 0 Å². The third-order valence-corrected chi connectivity index (χ3v) is 4.70. The lowest BCUT2D eigenvalue weighted by molar-refractivity contribution is -0.00279. The fraction of sp³-hybridized carbons (Fsp3) is 0.462. The first-order valence-electron chi connectivity index (χ1n) is 5.97. The van der Waals surface area contributed by atoms with Crippen LogP contribution in [0.5, 0.6) is 0 Å². The van der Waals surface area contributed by atoms with Gasteiger partial charge < -0.3 is 9.64 Å². The van der Waals surface area contributed by atoms with Crippen molar-refractivity contribution < 1.29 is 9.53 Å². The maximum Gasteiger partial charge on any atom is 0.254 e. The molecule has 1 fully saturated rings. The zero-order valence-corrected chi connectivity index (χ0v) is 13.1. The minimum atomic E-state index is 0.0449. The van der Waals surface area contributed by atoms with E-state index in [1.807, 2.05) is 17.0 Å². The molecule has 1 amide bonds. The van der Waals surface area contributed by atoms with Crippen LogP contribution in [0.15, 0.2) is 18.2 Å². The van der Waals surface area contributed by atoms with E-state index in [0.717, 1.165) is 9.99 Å². The maximum absolute atomic E-state index is 12.4. The van der Waals surface area contributed by atoms with E-state index >= 15 is 0 Å². The highest BCUT2D eigenvalue weighted by molar-refractivity contribution is 14.1. The number of carbonyl (C=O) groups excluding carboxylic acids is 1. The maximum atomic E-state index is 12.4. The lowest BCUT2D eigenvalue weighted by atomic mass is 10.1. The molecule has 0 aliphatic carbocycles. The van der Waals surface area contributed by atoms with Crippen molar-refractivity contribution in [3.05, 3.63) is 32.4 Å². The molecular weight excluding hydrogens is 365 g/mol. The molecule has 0 aromatic heterocycles. The number of morpholine rings is 1. The molecule has 0 bridgehead atoms. The highest BCUT2D eigenvalue weighted by Gasteiger charge is 2.26. The monoisotopic (exact) mass is 379 g/mol. The lowest BCUT2D eigenvalue weighted by Gasteiger charge is -2.35. The highest BCUT2D eigenvalue weighted by atomic mass is 127. The summed E-state index contributed by atoms with van der Waals surface area (Å²) in [5.41, 5.74) is 0.653. The molecule has 1 saturated heterocycles. The number of ether oxygens (including phenoxy) is 1. The second-order valence-corrected chi connectivity index (χ2v) is 5.83. The van der Waals surface area contributed by atoms with Crippen molar-refractivity contribution in [2.45, 2.75) is 19.4 Å². The first-order chi connectivity index (χ1) is 8.63. The lowest BCUT2D eigenvalue weighted by Crippen LogP contribution is -2.48. The Balaban J connectivity index is 2.21. The van der Waals surface area contributed by atoms with Gasteiger partial charge in [-0.15, -0.1) is 0 Å². The average molecular weight is 380 g/mol. The minimum absolute atomic E-state index is 0.0449. The second kappa shape index (κ2) is 6.21. The minimum Gasteiger partial charge on any atom is -0.377 e. The molecule has 1 atom stereocenters. The molecule has 0 N–H and O–H groups in total. The molecule has 3 nitrogen and oxygen atoms in total. The van der Waals surface area contributed by atoms with Crippen LogP contribution < -0.4 is 0 Å². The van der Waals surface area contributed by atoms with Crippen LogP contribution in [-0.2, 0) is 4.74 Å². The van der Waals surface area contributed by atoms with Gasteiger partial charge in [0.25, 0.3) is 5.91 Å². The van der Waals surface area contributed by atoms with Crippen molar-refractivity contribution >= 4 is 40.1 Å². The van der Waals surface area contributed by atoms with Crippen LogP contribution in [0, 0.1) is 3.57 Å². The van der Waals surface area contributed by atoms with E-state index in [-0.39, 0.29) is 11.9 Å². The third kappa shape index (κ3) is 2.97. The zero-order chi connectivity index (χ0) is 13.1. The van der Waals surface area contributed by atoms with Gasteiger partial charge >= 0.3 is 0 Å². The Morgan fingerprint density at radius 2 is 2.39 bits per heavy atom. The fourth-order valence-corrected chi connectivity index (χ4v) is 2.57. The van der Waals surface area contributed by atoms with E-state index < -0.39 is 0 Å². The Kier molecular flexibility index (Phi) is 4.86. The number of hydrogen-bond donors (Lipinski definition) is 0. The number of halogens is 2. The molecule has 5 heteroatoms. The van der Waals surface area contributed by atoms with Gasteiger partial charge in [0.1, 0.15) is 0 Å². The molecule has 18 heavy (non-hydrogen) atoms. The molecule has 1 aromatic carbocycles. The molecule has 1 unspecified atom stereocenters. The Bertz CT molecular complexity index is 453. The Hall–Kier alpha value is -0.330. The summed E-state index contributed by atoms with van der Waals surface area (Å²) in [6.45, 7) is 3.96. The van der Waals surface area contributed by atoms with Crippen LogP contribution in [0.2, 0.25) is 5.02 Å². The van der Waals surface area contributed by atoms with Gasteiger partial charge in [-0.05, 0) is 47.2 Å². The van der Waals surface area contributed by atoms with Crippen molar-refractivity contribution in [2.75, 3.05) is 19.8 Å². The zero-order valence-electron chi connectivity index (χ0n) is 10.2. The van der Waals surface area contributed by atoms with Crippen molar-refractivity contribution in [1.82, 2.24) is 4.90 Å². The van der Waals surface area contributed by atoms with Crippen LogP contribution in [0.4, 0.5) is 0 Å². The number of rotatable bonds is 2. The smallest absolute Gasteiger partial charge is 0.254 e. The molecule has 0 radical (unpaired) electrons. The second-order valence-electron chi connectivity index (χ2n) is 4.26. The first kappa shape index (κ1) is 14.1. The molecule has 1 aliphatic rings. The number of hydrogen-bond acceptors (Lipinski definition) is 2. The van der Waals surface area contributed by atoms with E-state index in [1.54, 1.807) is 6.07 Å². The standard InChI is InChI=1S/C13H15ClINO2/c1-2-10-8-18-6-5-16(10)13(17)9-3-4-12(15)11(14)7-9/h3-4,7,10H,2,5-6,8H2,1H3. The molecule has 1 heterocycles. The van der Waals surface area contributed by atoms with E-state index in [4.69, 9.17) is 16.3 Å². The van der Waals surface area contributed by atoms with E-state index in [9.17, 15) is 4.79 Å². The molecular formula is C13H15ClINO2. The summed E-state index contributed by atoms with van der Waals surface area (Å²) in [5, 5.41) is 0.628. The molecule has 1 aliphatic heterocycles. The summed E-state index contributed by atoms with van der Waals surface area (Å²) < 4.78 is 6.37. The normalized spacial score (nSPS) is 19.9. The van der Waals surface area contributed by atoms with Crippen LogP contribution >= 0.6 is 34.2 Å². The average Bonchev–Trinajstić information content (AvgIpc) is 2.41. The summed E-state index contributed by atoms with van der Waals surface area (Å²) >= 11 is 8.22. The molecule has 1 aromatic rings. The van der Waals surface area contributed by atoms with E-state index in [2.05, 4.69) is 29.5 Å². The van der Waals surface area contributed by atoms with Gasteiger partial charge in [0.2, 0.25) is 0 Å². The summed E-state index contributed by atoms with van der Waals surface area (Å²) in [5.74, 6) is 0.0449. The van der Waals surface area contributed by atoms with Crippen LogP contribution in [-0.4, -0.2) is 36.6 Å². The topological polar surface area (TPSA) is 29.5 Å². The van der Waals surface area contributed by atoms with Gasteiger partial charge in [-0.25, -0.2) is 0 Å². The predicted octanol–water partition coefficient (Wildman–Crippen LogP) is 3.20. The number of nitrogens with zero attached hydrogens (tertiary/aromatic N) is 1. The van der Waals surface area contributed by atoms with Gasteiger partial charge in [0.15, 0.2) is 0 Å². The van der Waals surface area contributed by atoms with Crippen LogP contribution in [0.3, 0.4) is 0 Å². The summed E-state index contributed by atoms with van der Waals surface area (Å²) in [7, 11) is 0. The van der Waals surface area contributed by atoms with E-state index in [1.165, 1.54) is 0 Å². The molecule has 0 spiro atoms. The first-order valence-corrected chi connectivity index (χ1v) is 7.43. The Morgan fingerprint density at radius 3 is 3.06 bits per heavy atom. The predicted molar refractivity (Wildman–Crippen MR) is 80.1 cm³/mol. The molecule has 98 valence electrons. The molecule has 0 saturated carbocycles. The third-order valence-electron chi connectivity index (χ3n) is 3.13. The van der Waals surface area contributed by atoms with Gasteiger partial charge in [-0.1, -0.05) is 18.5 Å². The van der Waals surface area contributed by atoms with Crippen LogP contribution in [0.1, 0.15) is 23.7 Å². The van der Waals surface area contributed by atoms with Crippen molar-refractivity contribution in [3.8, 4) is 0 Å². The Morgan fingerprint density at radius 1 is 1.61 bits per heavy atom. The van der Waals surface area contributed by atoms with Crippen molar-refractivity contribution in [2.24, 2.45) is 0 Å². The summed E-state index contributed by atoms with van der Waals surface area (Å²) in [6, 6.07) is 5.62. The van der Waals surface area contributed by atoms with Crippen molar-refractivity contribution in [1.29, 1.82) is 0 Å². The largest absolute Gasteiger partial charge is 0.377 e. The van der Waals surface area contributed by atoms with Gasteiger partial charge in [-0.2, -0.15) is 0 Å². The quantitative estimate of drug-likeness (QED) is 0.739. The Labute approximate surface area is 126 Å². The SMILES string of the molecule is CCC1COCCN1C(=O)c1ccc(I)c(Cl)c1. The summed E-state index contributed by atoms with van der Waals surface area (Å²) in [6.07, 6.45) is 0.907. The van der Waals surface area contributed by atoms with Gasteiger partial charge in [0, 0.05) is 15.7 Å². The van der Waals surface area contributed by atoms with Gasteiger partial charge in [-0.3, -0.25) is 4.79 Å². The number of amides is 1. The van der Waals surface area contributed by atoms with Crippen LogP contribution in [0.25, 0.3) is 0 Å². The number of carbonyl (C=O) groups is 1. The molecule has 2 rings (SSSR count).